The van der Waals surface area contributed by atoms with Crippen LogP contribution in [0.25, 0.3) is 11.4 Å². The molecule has 0 bridgehead atoms. The highest BCUT2D eigenvalue weighted by atomic mass is 14.9. The van der Waals surface area contributed by atoms with Crippen molar-refractivity contribution >= 4 is 0 Å². The molecule has 15 heavy (non-hydrogen) atoms. The molecule has 0 radical (unpaired) electrons. The first kappa shape index (κ1) is 9.97. The minimum absolute atomic E-state index is 0.520. The standard InChI is InChI=1S/C13H16N2/c1-9(2)11-6-4-5-7-12(11)13-14-8-10(3)15-13/h4-9H,1-3H3,(H,14,15). The maximum Gasteiger partial charge on any atom is 0.137 e. The Morgan fingerprint density at radius 3 is 2.53 bits per heavy atom. The van der Waals surface area contributed by atoms with Crippen LogP contribution in [0.2, 0.25) is 0 Å². The van der Waals surface area contributed by atoms with Crippen LogP contribution in [0.15, 0.2) is 30.5 Å². The molecule has 0 aliphatic carbocycles. The lowest BCUT2D eigenvalue weighted by Crippen LogP contribution is -1.93. The van der Waals surface area contributed by atoms with E-state index in [0.717, 1.165) is 11.5 Å². The highest BCUT2D eigenvalue weighted by molar-refractivity contribution is 5.61. The summed E-state index contributed by atoms with van der Waals surface area (Å²) in [7, 11) is 0. The topological polar surface area (TPSA) is 28.7 Å². The molecule has 1 aromatic carbocycles. The van der Waals surface area contributed by atoms with Crippen molar-refractivity contribution in [2.75, 3.05) is 0 Å². The minimum Gasteiger partial charge on any atom is -0.342 e. The van der Waals surface area contributed by atoms with Gasteiger partial charge in [0.1, 0.15) is 5.82 Å². The van der Waals surface area contributed by atoms with E-state index in [0.29, 0.717) is 5.92 Å². The molecule has 0 aliphatic rings. The van der Waals surface area contributed by atoms with Crippen molar-refractivity contribution in [3.63, 3.8) is 0 Å². The van der Waals surface area contributed by atoms with Gasteiger partial charge in [0.05, 0.1) is 0 Å². The number of aryl methyl sites for hydroxylation is 1. The number of rotatable bonds is 2. The van der Waals surface area contributed by atoms with Crippen LogP contribution < -0.4 is 0 Å². The van der Waals surface area contributed by atoms with Gasteiger partial charge in [-0.2, -0.15) is 0 Å². The maximum atomic E-state index is 4.37. The maximum absolute atomic E-state index is 4.37. The molecule has 1 N–H and O–H groups in total. The van der Waals surface area contributed by atoms with E-state index < -0.39 is 0 Å². The number of H-pyrrole nitrogens is 1. The number of hydrogen-bond donors (Lipinski definition) is 1. The zero-order chi connectivity index (χ0) is 10.8. The van der Waals surface area contributed by atoms with E-state index in [-0.39, 0.29) is 0 Å². The van der Waals surface area contributed by atoms with Crippen molar-refractivity contribution in [3.05, 3.63) is 41.7 Å². The van der Waals surface area contributed by atoms with Crippen molar-refractivity contribution in [2.24, 2.45) is 0 Å². The molecular weight excluding hydrogens is 184 g/mol. The van der Waals surface area contributed by atoms with E-state index in [1.54, 1.807) is 0 Å². The molecule has 2 aromatic rings. The largest absolute Gasteiger partial charge is 0.342 e. The fourth-order valence-corrected chi connectivity index (χ4v) is 1.77. The van der Waals surface area contributed by atoms with Gasteiger partial charge < -0.3 is 4.98 Å². The highest BCUT2D eigenvalue weighted by Gasteiger charge is 2.09. The van der Waals surface area contributed by atoms with Crippen molar-refractivity contribution in [2.45, 2.75) is 26.7 Å². The first-order valence-corrected chi connectivity index (χ1v) is 5.29. The Morgan fingerprint density at radius 1 is 1.20 bits per heavy atom. The Hall–Kier alpha value is -1.57. The van der Waals surface area contributed by atoms with E-state index in [9.17, 15) is 0 Å². The van der Waals surface area contributed by atoms with Crippen molar-refractivity contribution < 1.29 is 0 Å². The van der Waals surface area contributed by atoms with Crippen molar-refractivity contribution in [1.29, 1.82) is 0 Å². The normalized spacial score (nSPS) is 10.9. The highest BCUT2D eigenvalue weighted by Crippen LogP contribution is 2.26. The third-order valence-corrected chi connectivity index (χ3v) is 2.54. The molecule has 0 saturated carbocycles. The Bertz CT molecular complexity index is 455. The molecule has 0 amide bonds. The van der Waals surface area contributed by atoms with Crippen LogP contribution in [0, 0.1) is 6.92 Å². The van der Waals surface area contributed by atoms with Crippen LogP contribution >= 0.6 is 0 Å². The molecule has 78 valence electrons. The molecule has 0 fully saturated rings. The molecule has 1 heterocycles. The second-order valence-electron chi connectivity index (χ2n) is 4.16. The molecule has 0 aliphatic heterocycles. The van der Waals surface area contributed by atoms with Gasteiger partial charge in [0.15, 0.2) is 0 Å². The molecular formula is C13H16N2. The summed E-state index contributed by atoms with van der Waals surface area (Å²) < 4.78 is 0. The molecule has 0 unspecified atom stereocenters. The smallest absolute Gasteiger partial charge is 0.137 e. The molecule has 2 nitrogen and oxygen atoms in total. The average molecular weight is 200 g/mol. The number of aromatic nitrogens is 2. The second kappa shape index (κ2) is 3.89. The third kappa shape index (κ3) is 1.94. The number of aromatic amines is 1. The van der Waals surface area contributed by atoms with E-state index in [1.165, 1.54) is 11.1 Å². The quantitative estimate of drug-likeness (QED) is 0.789. The van der Waals surface area contributed by atoms with E-state index >= 15 is 0 Å². The number of imidazole rings is 1. The van der Waals surface area contributed by atoms with E-state index in [1.807, 2.05) is 13.1 Å². The Labute approximate surface area is 90.4 Å². The number of nitrogens with zero attached hydrogens (tertiary/aromatic N) is 1. The summed E-state index contributed by atoms with van der Waals surface area (Å²) in [5.41, 5.74) is 3.65. The van der Waals surface area contributed by atoms with Gasteiger partial charge >= 0.3 is 0 Å². The Kier molecular flexibility index (Phi) is 2.58. The second-order valence-corrected chi connectivity index (χ2v) is 4.16. The first-order valence-electron chi connectivity index (χ1n) is 5.29. The van der Waals surface area contributed by atoms with Gasteiger partial charge in [0.25, 0.3) is 0 Å². The van der Waals surface area contributed by atoms with Crippen LogP contribution in [0.1, 0.15) is 31.0 Å². The van der Waals surface area contributed by atoms with E-state index in [2.05, 4.69) is 48.1 Å². The molecule has 2 heteroatoms. The fourth-order valence-electron chi connectivity index (χ4n) is 1.77. The Morgan fingerprint density at radius 2 is 1.93 bits per heavy atom. The SMILES string of the molecule is Cc1cnc(-c2ccccc2C(C)C)[nH]1. The van der Waals surface area contributed by atoms with Crippen LogP contribution in [0.4, 0.5) is 0 Å². The van der Waals surface area contributed by atoms with Gasteiger partial charge in [-0.25, -0.2) is 4.98 Å². The fraction of sp³-hybridized carbons (Fsp3) is 0.308. The lowest BCUT2D eigenvalue weighted by Gasteiger charge is -2.10. The summed E-state index contributed by atoms with van der Waals surface area (Å²) in [5.74, 6) is 1.49. The lowest BCUT2D eigenvalue weighted by atomic mass is 9.97. The van der Waals surface area contributed by atoms with E-state index in [4.69, 9.17) is 0 Å². The summed E-state index contributed by atoms with van der Waals surface area (Å²) in [4.78, 5) is 7.65. The van der Waals surface area contributed by atoms with Crippen molar-refractivity contribution in [3.8, 4) is 11.4 Å². The predicted molar refractivity (Wildman–Crippen MR) is 62.8 cm³/mol. The van der Waals surface area contributed by atoms with Crippen LogP contribution in [-0.4, -0.2) is 9.97 Å². The summed E-state index contributed by atoms with van der Waals surface area (Å²) in [5, 5.41) is 0. The molecule has 0 spiro atoms. The summed E-state index contributed by atoms with van der Waals surface area (Å²) in [6.45, 7) is 6.43. The van der Waals surface area contributed by atoms with Crippen molar-refractivity contribution in [1.82, 2.24) is 9.97 Å². The molecule has 2 rings (SSSR count). The van der Waals surface area contributed by atoms with Gasteiger partial charge in [-0.1, -0.05) is 38.1 Å². The zero-order valence-corrected chi connectivity index (χ0v) is 9.41. The molecule has 1 aromatic heterocycles. The molecule has 0 atom stereocenters. The monoisotopic (exact) mass is 200 g/mol. The first-order chi connectivity index (χ1) is 7.18. The lowest BCUT2D eigenvalue weighted by molar-refractivity contribution is 0.867. The number of hydrogen-bond acceptors (Lipinski definition) is 1. The van der Waals surface area contributed by atoms with Gasteiger partial charge in [-0.05, 0) is 18.4 Å². The van der Waals surface area contributed by atoms with Crippen LogP contribution in [-0.2, 0) is 0 Å². The number of benzene rings is 1. The third-order valence-electron chi connectivity index (χ3n) is 2.54. The summed E-state index contributed by atoms with van der Waals surface area (Å²) in [6.07, 6.45) is 1.87. The predicted octanol–water partition coefficient (Wildman–Crippen LogP) is 3.51. The minimum atomic E-state index is 0.520. The average Bonchev–Trinajstić information content (AvgIpc) is 2.65. The van der Waals surface area contributed by atoms with Gasteiger partial charge in [-0.15, -0.1) is 0 Å². The molecule has 0 saturated heterocycles. The van der Waals surface area contributed by atoms with Gasteiger partial charge in [0, 0.05) is 17.5 Å². The Balaban J connectivity index is 2.52. The van der Waals surface area contributed by atoms with Crippen LogP contribution in [0.3, 0.4) is 0 Å². The zero-order valence-electron chi connectivity index (χ0n) is 9.41. The summed E-state index contributed by atoms with van der Waals surface area (Å²) >= 11 is 0. The van der Waals surface area contributed by atoms with Gasteiger partial charge in [0.2, 0.25) is 0 Å². The van der Waals surface area contributed by atoms with Gasteiger partial charge in [-0.3, -0.25) is 0 Å². The van der Waals surface area contributed by atoms with Crippen LogP contribution in [0.5, 0.6) is 0 Å². The number of nitrogens with one attached hydrogen (secondary N) is 1. The summed E-state index contributed by atoms with van der Waals surface area (Å²) in [6, 6.07) is 8.42.